The molecular formula is C16H23N3O2. The molecule has 1 amide bonds. The number of fused-ring (bicyclic) bond motifs is 1. The highest BCUT2D eigenvalue weighted by atomic mass is 16.5. The molecule has 1 atom stereocenters. The molecule has 1 aromatic carbocycles. The number of aromatic amines is 1. The Bertz CT molecular complexity index is 619. The van der Waals surface area contributed by atoms with Crippen molar-refractivity contribution in [1.29, 1.82) is 0 Å². The van der Waals surface area contributed by atoms with Crippen molar-refractivity contribution in [2.24, 2.45) is 5.92 Å². The topological polar surface area (TPSA) is 80.1 Å². The fourth-order valence-corrected chi connectivity index (χ4v) is 2.19. The van der Waals surface area contributed by atoms with Crippen molar-refractivity contribution in [2.45, 2.75) is 26.8 Å². The number of nitrogen functional groups attached to an aromatic ring is 1. The number of ether oxygens (including phenoxy) is 1. The maximum Gasteiger partial charge on any atom is 0.268 e. The van der Waals surface area contributed by atoms with Crippen LogP contribution in [0, 0.1) is 5.92 Å². The Balaban J connectivity index is 2.15. The van der Waals surface area contributed by atoms with Crippen molar-refractivity contribution in [1.82, 2.24) is 10.3 Å². The molecule has 0 aliphatic carbocycles. The zero-order valence-electron chi connectivity index (χ0n) is 12.8. The fraction of sp³-hybridized carbons (Fsp3) is 0.438. The minimum atomic E-state index is -0.135. The second-order valence-corrected chi connectivity index (χ2v) is 5.48. The Kier molecular flexibility index (Phi) is 4.85. The van der Waals surface area contributed by atoms with Gasteiger partial charge in [0, 0.05) is 12.0 Å². The van der Waals surface area contributed by atoms with Crippen LogP contribution in [0.15, 0.2) is 24.3 Å². The van der Waals surface area contributed by atoms with E-state index in [1.54, 1.807) is 0 Å². The lowest BCUT2D eigenvalue weighted by atomic mass is 10.1. The van der Waals surface area contributed by atoms with E-state index in [2.05, 4.69) is 24.1 Å². The van der Waals surface area contributed by atoms with Crippen molar-refractivity contribution in [3.63, 3.8) is 0 Å². The van der Waals surface area contributed by atoms with Crippen LogP contribution in [0.25, 0.3) is 10.9 Å². The first-order valence-electron chi connectivity index (χ1n) is 7.28. The van der Waals surface area contributed by atoms with Gasteiger partial charge in [0.25, 0.3) is 5.91 Å². The molecule has 1 unspecified atom stereocenters. The summed E-state index contributed by atoms with van der Waals surface area (Å²) in [4.78, 5) is 15.5. The second kappa shape index (κ2) is 6.63. The summed E-state index contributed by atoms with van der Waals surface area (Å²) in [6, 6.07) is 7.42. The first kappa shape index (κ1) is 15.4. The van der Waals surface area contributed by atoms with Crippen molar-refractivity contribution in [3.8, 4) is 0 Å². The first-order chi connectivity index (χ1) is 10.0. The molecular weight excluding hydrogens is 266 g/mol. The molecule has 1 aromatic heterocycles. The third-order valence-electron chi connectivity index (χ3n) is 3.56. The number of carbonyl (C=O) groups excluding carboxylic acids is 1. The number of nitrogens with one attached hydrogen (secondary N) is 2. The van der Waals surface area contributed by atoms with E-state index in [4.69, 9.17) is 10.5 Å². The number of H-pyrrole nitrogens is 1. The van der Waals surface area contributed by atoms with Crippen LogP contribution in [0.3, 0.4) is 0 Å². The quantitative estimate of drug-likeness (QED) is 0.715. The molecule has 0 spiro atoms. The number of para-hydroxylation sites is 1. The van der Waals surface area contributed by atoms with Gasteiger partial charge in [-0.1, -0.05) is 26.0 Å². The molecule has 5 nitrogen and oxygen atoms in total. The largest absolute Gasteiger partial charge is 0.397 e. The number of amides is 1. The number of rotatable bonds is 6. The predicted molar refractivity (Wildman–Crippen MR) is 85.3 cm³/mol. The number of carbonyl (C=O) groups is 1. The smallest absolute Gasteiger partial charge is 0.268 e. The van der Waals surface area contributed by atoms with Gasteiger partial charge in [0.2, 0.25) is 0 Å². The average Bonchev–Trinajstić information content (AvgIpc) is 2.88. The van der Waals surface area contributed by atoms with E-state index < -0.39 is 0 Å². The molecule has 0 bridgehead atoms. The number of aromatic nitrogens is 1. The van der Waals surface area contributed by atoms with Crippen molar-refractivity contribution < 1.29 is 9.53 Å². The number of hydrogen-bond donors (Lipinski definition) is 3. The van der Waals surface area contributed by atoms with E-state index in [9.17, 15) is 4.79 Å². The molecule has 0 saturated heterocycles. The van der Waals surface area contributed by atoms with Crippen LogP contribution in [-0.4, -0.2) is 30.1 Å². The summed E-state index contributed by atoms with van der Waals surface area (Å²) in [6.45, 7) is 7.23. The molecule has 0 fully saturated rings. The lowest BCUT2D eigenvalue weighted by molar-refractivity contribution is 0.0803. The molecule has 0 radical (unpaired) electrons. The molecule has 0 aliphatic rings. The zero-order valence-corrected chi connectivity index (χ0v) is 12.8. The molecule has 21 heavy (non-hydrogen) atoms. The van der Waals surface area contributed by atoms with Crippen LogP contribution >= 0.6 is 0 Å². The highest BCUT2D eigenvalue weighted by molar-refractivity contribution is 6.00. The van der Waals surface area contributed by atoms with Gasteiger partial charge in [0.15, 0.2) is 0 Å². The van der Waals surface area contributed by atoms with E-state index in [-0.39, 0.29) is 11.9 Å². The Hall–Kier alpha value is -2.01. The van der Waals surface area contributed by atoms with E-state index in [1.165, 1.54) is 0 Å². The van der Waals surface area contributed by atoms with Crippen molar-refractivity contribution in [3.05, 3.63) is 30.0 Å². The summed E-state index contributed by atoms with van der Waals surface area (Å²) in [5.41, 5.74) is 7.86. The van der Waals surface area contributed by atoms with E-state index >= 15 is 0 Å². The van der Waals surface area contributed by atoms with Crippen LogP contribution in [-0.2, 0) is 4.74 Å². The molecule has 0 aliphatic heterocycles. The molecule has 114 valence electrons. The lowest BCUT2D eigenvalue weighted by Crippen LogP contribution is -2.42. The third kappa shape index (κ3) is 3.55. The van der Waals surface area contributed by atoms with Gasteiger partial charge in [-0.05, 0) is 25.0 Å². The van der Waals surface area contributed by atoms with Crippen LogP contribution in [0.2, 0.25) is 0 Å². The summed E-state index contributed by atoms with van der Waals surface area (Å²) in [6.07, 6.45) is 0. The van der Waals surface area contributed by atoms with Gasteiger partial charge in [0.05, 0.1) is 23.9 Å². The minimum Gasteiger partial charge on any atom is -0.397 e. The maximum absolute atomic E-state index is 12.4. The lowest BCUT2D eigenvalue weighted by Gasteiger charge is -2.21. The summed E-state index contributed by atoms with van der Waals surface area (Å²) in [5, 5.41) is 3.95. The Morgan fingerprint density at radius 2 is 2.19 bits per heavy atom. The number of anilines is 1. The Morgan fingerprint density at radius 1 is 1.43 bits per heavy atom. The minimum absolute atomic E-state index is 0.0128. The predicted octanol–water partition coefficient (Wildman–Crippen LogP) is 2.54. The molecule has 0 saturated carbocycles. The standard InChI is InChI=1S/C16H23N3O2/c1-4-21-9-14(10(2)3)19-16(20)13-8-11-6-5-7-12(17)15(11)18-13/h5-8,10,14,18H,4,9,17H2,1-3H3,(H,19,20). The van der Waals surface area contributed by atoms with Gasteiger partial charge in [-0.3, -0.25) is 4.79 Å². The summed E-state index contributed by atoms with van der Waals surface area (Å²) in [5.74, 6) is 0.166. The Labute approximate surface area is 124 Å². The van der Waals surface area contributed by atoms with Gasteiger partial charge in [-0.25, -0.2) is 0 Å². The maximum atomic E-state index is 12.4. The van der Waals surface area contributed by atoms with Gasteiger partial charge in [-0.2, -0.15) is 0 Å². The van der Waals surface area contributed by atoms with Crippen LogP contribution in [0.5, 0.6) is 0 Å². The van der Waals surface area contributed by atoms with Crippen LogP contribution in [0.4, 0.5) is 5.69 Å². The summed E-state index contributed by atoms with van der Waals surface area (Å²) >= 11 is 0. The van der Waals surface area contributed by atoms with Gasteiger partial charge >= 0.3 is 0 Å². The average molecular weight is 289 g/mol. The first-order valence-corrected chi connectivity index (χ1v) is 7.28. The van der Waals surface area contributed by atoms with E-state index in [0.29, 0.717) is 30.5 Å². The second-order valence-electron chi connectivity index (χ2n) is 5.48. The van der Waals surface area contributed by atoms with E-state index in [1.807, 2.05) is 31.2 Å². The third-order valence-corrected chi connectivity index (χ3v) is 3.56. The molecule has 4 N–H and O–H groups in total. The van der Waals surface area contributed by atoms with Crippen LogP contribution in [0.1, 0.15) is 31.3 Å². The highest BCUT2D eigenvalue weighted by Gasteiger charge is 2.18. The number of benzene rings is 1. The normalized spacial score (nSPS) is 12.8. The van der Waals surface area contributed by atoms with Crippen molar-refractivity contribution in [2.75, 3.05) is 18.9 Å². The molecule has 2 aromatic rings. The summed E-state index contributed by atoms with van der Waals surface area (Å²) in [7, 11) is 0. The highest BCUT2D eigenvalue weighted by Crippen LogP contribution is 2.21. The molecule has 1 heterocycles. The van der Waals surface area contributed by atoms with Gasteiger partial charge < -0.3 is 20.8 Å². The van der Waals surface area contributed by atoms with Gasteiger partial charge in [-0.15, -0.1) is 0 Å². The van der Waals surface area contributed by atoms with E-state index in [0.717, 1.165) is 10.9 Å². The fourth-order valence-electron chi connectivity index (χ4n) is 2.19. The number of hydrogen-bond acceptors (Lipinski definition) is 3. The van der Waals surface area contributed by atoms with Crippen molar-refractivity contribution >= 4 is 22.5 Å². The monoisotopic (exact) mass is 289 g/mol. The Morgan fingerprint density at radius 3 is 2.81 bits per heavy atom. The van der Waals surface area contributed by atoms with Gasteiger partial charge in [0.1, 0.15) is 5.69 Å². The molecule has 2 rings (SSSR count). The summed E-state index contributed by atoms with van der Waals surface area (Å²) < 4.78 is 5.43. The molecule has 5 heteroatoms. The number of nitrogens with two attached hydrogens (primary N) is 1. The zero-order chi connectivity index (χ0) is 15.4. The SMILES string of the molecule is CCOCC(NC(=O)c1cc2cccc(N)c2[nH]1)C(C)C. The van der Waals surface area contributed by atoms with Crippen LogP contribution < -0.4 is 11.1 Å².